The molecule has 15 heteroatoms. The van der Waals surface area contributed by atoms with Crippen LogP contribution in [0.2, 0.25) is 0 Å². The number of ether oxygens (including phenoxy) is 3. The molecular formula is C17H16O15. The van der Waals surface area contributed by atoms with Crippen LogP contribution in [-0.2, 0) is 38.2 Å². The Hall–Kier alpha value is -4.53. The number of aliphatic carboxylic acids is 3. The predicted molar refractivity (Wildman–Crippen MR) is 94.2 cm³/mol. The molecule has 3 atom stereocenters. The van der Waals surface area contributed by atoms with Gasteiger partial charge in [0.1, 0.15) is 0 Å². The molecule has 1 rings (SSSR count). The van der Waals surface area contributed by atoms with Crippen molar-refractivity contribution in [1.82, 2.24) is 0 Å². The molecule has 0 saturated carbocycles. The van der Waals surface area contributed by atoms with E-state index in [-0.39, 0.29) is 0 Å². The second-order valence-electron chi connectivity index (χ2n) is 5.35. The SMILES string of the molecule is CC(OC(=O)c1ccccc1)C(=O)O.O=C(O)OC(C(=O)OC(=O)C(=O)O)C(O)C(=O)O. The van der Waals surface area contributed by atoms with Crippen molar-refractivity contribution in [3.63, 3.8) is 0 Å². The van der Waals surface area contributed by atoms with Crippen LogP contribution in [0.3, 0.4) is 0 Å². The number of aliphatic hydroxyl groups is 1. The molecule has 0 amide bonds. The smallest absolute Gasteiger partial charge is 0.479 e. The van der Waals surface area contributed by atoms with Gasteiger partial charge in [-0.1, -0.05) is 18.2 Å². The van der Waals surface area contributed by atoms with Crippen LogP contribution in [0.1, 0.15) is 17.3 Å². The lowest BCUT2D eigenvalue weighted by molar-refractivity contribution is -0.181. The van der Waals surface area contributed by atoms with Gasteiger partial charge in [0, 0.05) is 0 Å². The second-order valence-corrected chi connectivity index (χ2v) is 5.35. The van der Waals surface area contributed by atoms with Crippen molar-refractivity contribution in [2.24, 2.45) is 0 Å². The Kier molecular flexibility index (Phi) is 11.1. The van der Waals surface area contributed by atoms with Gasteiger partial charge in [0.25, 0.3) is 0 Å². The average Bonchev–Trinajstić information content (AvgIpc) is 2.71. The van der Waals surface area contributed by atoms with Crippen LogP contribution in [-0.4, -0.2) is 85.8 Å². The first-order chi connectivity index (χ1) is 14.8. The maximum absolute atomic E-state index is 11.3. The lowest BCUT2D eigenvalue weighted by Gasteiger charge is -2.15. The Balaban J connectivity index is 0.000000618. The first-order valence-electron chi connectivity index (χ1n) is 8.06. The number of carboxylic acids is 3. The van der Waals surface area contributed by atoms with E-state index >= 15 is 0 Å². The van der Waals surface area contributed by atoms with E-state index in [2.05, 4.69) is 14.2 Å². The topological polar surface area (TPSA) is 248 Å². The summed E-state index contributed by atoms with van der Waals surface area (Å²) in [6, 6.07) is 8.26. The molecule has 0 spiro atoms. The monoisotopic (exact) mass is 460 g/mol. The number of esters is 3. The third-order valence-corrected chi connectivity index (χ3v) is 3.01. The molecule has 0 aliphatic heterocycles. The zero-order valence-electron chi connectivity index (χ0n) is 15.9. The first-order valence-corrected chi connectivity index (χ1v) is 8.06. The van der Waals surface area contributed by atoms with Gasteiger partial charge in [0.2, 0.25) is 6.10 Å². The van der Waals surface area contributed by atoms with Crippen molar-refractivity contribution >= 4 is 42.0 Å². The predicted octanol–water partition coefficient (Wildman–Crippen LogP) is -1.03. The van der Waals surface area contributed by atoms with E-state index in [1.54, 1.807) is 30.3 Å². The van der Waals surface area contributed by atoms with Crippen molar-refractivity contribution in [3.05, 3.63) is 35.9 Å². The number of rotatable bonds is 7. The van der Waals surface area contributed by atoms with E-state index in [0.29, 0.717) is 5.56 Å². The van der Waals surface area contributed by atoms with Crippen LogP contribution in [0.25, 0.3) is 0 Å². The molecular weight excluding hydrogens is 444 g/mol. The van der Waals surface area contributed by atoms with E-state index in [1.807, 2.05) is 0 Å². The molecule has 32 heavy (non-hydrogen) atoms. The number of hydrogen-bond donors (Lipinski definition) is 5. The molecule has 15 nitrogen and oxygen atoms in total. The minimum atomic E-state index is -2.66. The van der Waals surface area contributed by atoms with Gasteiger partial charge < -0.3 is 39.7 Å². The van der Waals surface area contributed by atoms with Gasteiger partial charge in [-0.15, -0.1) is 0 Å². The Morgan fingerprint density at radius 2 is 1.34 bits per heavy atom. The molecule has 0 aliphatic carbocycles. The van der Waals surface area contributed by atoms with Crippen LogP contribution in [0, 0.1) is 0 Å². The van der Waals surface area contributed by atoms with Crippen LogP contribution in [0.5, 0.6) is 0 Å². The molecule has 0 radical (unpaired) electrons. The quantitative estimate of drug-likeness (QED) is 0.141. The molecule has 0 aromatic heterocycles. The summed E-state index contributed by atoms with van der Waals surface area (Å²) < 4.78 is 11.9. The molecule has 174 valence electrons. The van der Waals surface area contributed by atoms with Gasteiger partial charge >= 0.3 is 42.0 Å². The zero-order valence-corrected chi connectivity index (χ0v) is 15.9. The number of aliphatic hydroxyl groups excluding tert-OH is 1. The Morgan fingerprint density at radius 1 is 0.812 bits per heavy atom. The lowest BCUT2D eigenvalue weighted by atomic mass is 10.2. The third-order valence-electron chi connectivity index (χ3n) is 3.01. The van der Waals surface area contributed by atoms with Gasteiger partial charge in [-0.05, 0) is 19.1 Å². The molecule has 0 saturated heterocycles. The summed E-state index contributed by atoms with van der Waals surface area (Å²) in [6.45, 7) is 1.31. The van der Waals surface area contributed by atoms with Gasteiger partial charge in [-0.2, -0.15) is 0 Å². The molecule has 0 fully saturated rings. The van der Waals surface area contributed by atoms with E-state index in [9.17, 15) is 33.6 Å². The van der Waals surface area contributed by atoms with Crippen LogP contribution in [0.4, 0.5) is 4.79 Å². The van der Waals surface area contributed by atoms with Crippen molar-refractivity contribution in [1.29, 1.82) is 0 Å². The summed E-state index contributed by atoms with van der Waals surface area (Å²) in [7, 11) is 0. The molecule has 0 bridgehead atoms. The van der Waals surface area contributed by atoms with E-state index in [0.717, 1.165) is 0 Å². The van der Waals surface area contributed by atoms with Crippen LogP contribution in [0.15, 0.2) is 30.3 Å². The minimum Gasteiger partial charge on any atom is -0.479 e. The molecule has 3 unspecified atom stereocenters. The normalized spacial score (nSPS) is 12.4. The summed E-state index contributed by atoms with van der Waals surface area (Å²) in [5.41, 5.74) is 0.348. The highest BCUT2D eigenvalue weighted by Crippen LogP contribution is 2.05. The van der Waals surface area contributed by atoms with Crippen molar-refractivity contribution in [2.75, 3.05) is 0 Å². The molecule has 0 aliphatic rings. The Morgan fingerprint density at radius 3 is 1.75 bits per heavy atom. The van der Waals surface area contributed by atoms with Crippen molar-refractivity contribution in [2.45, 2.75) is 25.2 Å². The summed E-state index contributed by atoms with van der Waals surface area (Å²) in [4.78, 5) is 73.6. The lowest BCUT2D eigenvalue weighted by Crippen LogP contribution is -2.44. The van der Waals surface area contributed by atoms with E-state index in [4.69, 9.17) is 25.5 Å². The number of carbonyl (C=O) groups is 7. The Bertz CT molecular complexity index is 875. The fourth-order valence-corrected chi connectivity index (χ4v) is 1.53. The highest BCUT2D eigenvalue weighted by Gasteiger charge is 2.39. The molecule has 1 aromatic carbocycles. The third kappa shape index (κ3) is 9.79. The van der Waals surface area contributed by atoms with Gasteiger partial charge in [0.15, 0.2) is 12.2 Å². The summed E-state index contributed by atoms with van der Waals surface area (Å²) >= 11 is 0. The van der Waals surface area contributed by atoms with Crippen LogP contribution >= 0.6 is 0 Å². The summed E-state index contributed by atoms with van der Waals surface area (Å²) in [5.74, 6) is -10.1. The van der Waals surface area contributed by atoms with Gasteiger partial charge in [-0.3, -0.25) is 0 Å². The maximum Gasteiger partial charge on any atom is 0.506 e. The number of hydrogen-bond acceptors (Lipinski definition) is 11. The van der Waals surface area contributed by atoms with Gasteiger partial charge in [-0.25, -0.2) is 33.6 Å². The zero-order chi connectivity index (χ0) is 25.0. The first kappa shape index (κ1) is 27.5. The number of carboxylic acid groups (broad SMARTS) is 4. The van der Waals surface area contributed by atoms with Gasteiger partial charge in [0.05, 0.1) is 5.56 Å². The molecule has 5 N–H and O–H groups in total. The number of benzene rings is 1. The summed E-state index contributed by atoms with van der Waals surface area (Å²) in [5, 5.41) is 42.0. The standard InChI is InChI=1S/C10H10O4.C7H6O11/c1-7(9(11)12)14-10(13)8-5-3-2-4-6-8;8-1(3(9)10)2(17-7(15)16)5(13)18-6(14)4(11)12/h2-7H,1H3,(H,11,12);1-2,8H,(H,9,10)(H,11,12)(H,15,16). The average molecular weight is 460 g/mol. The van der Waals surface area contributed by atoms with Crippen molar-refractivity contribution < 1.29 is 73.3 Å². The number of carbonyl (C=O) groups excluding carboxylic acids is 3. The second kappa shape index (κ2) is 12.9. The highest BCUT2D eigenvalue weighted by molar-refractivity contribution is 6.30. The minimum absolute atomic E-state index is 0.348. The maximum atomic E-state index is 11.3. The van der Waals surface area contributed by atoms with Crippen LogP contribution < -0.4 is 0 Å². The fourth-order valence-electron chi connectivity index (χ4n) is 1.53. The molecule has 1 aromatic rings. The largest absolute Gasteiger partial charge is 0.506 e. The van der Waals surface area contributed by atoms with E-state index < -0.39 is 60.3 Å². The van der Waals surface area contributed by atoms with E-state index in [1.165, 1.54) is 6.92 Å². The fraction of sp³-hybridized carbons (Fsp3) is 0.235. The highest BCUT2D eigenvalue weighted by atomic mass is 16.7. The molecule has 0 heterocycles. The summed E-state index contributed by atoms with van der Waals surface area (Å²) in [6.07, 6.45) is -8.51. The Labute approximate surface area is 177 Å². The van der Waals surface area contributed by atoms with Crippen molar-refractivity contribution in [3.8, 4) is 0 Å².